The second-order valence-electron chi connectivity index (χ2n) is 6.19. The molecule has 0 saturated heterocycles. The lowest BCUT2D eigenvalue weighted by molar-refractivity contribution is 0.0960. The van der Waals surface area contributed by atoms with Crippen molar-refractivity contribution < 1.29 is 13.6 Å². The molecule has 0 aliphatic carbocycles. The first-order valence-electron chi connectivity index (χ1n) is 8.75. The Morgan fingerprint density at radius 3 is 2.89 bits per heavy atom. The van der Waals surface area contributed by atoms with E-state index in [-0.39, 0.29) is 11.7 Å². The van der Waals surface area contributed by atoms with Crippen molar-refractivity contribution in [2.24, 2.45) is 0 Å². The summed E-state index contributed by atoms with van der Waals surface area (Å²) in [6.07, 6.45) is 1.66. The van der Waals surface area contributed by atoms with Crippen molar-refractivity contribution in [3.8, 4) is 5.69 Å². The predicted molar refractivity (Wildman–Crippen MR) is 111 cm³/mol. The van der Waals surface area contributed by atoms with Gasteiger partial charge >= 0.3 is 0 Å². The summed E-state index contributed by atoms with van der Waals surface area (Å²) < 4.78 is 20.2. The third-order valence-electron chi connectivity index (χ3n) is 4.20. The van der Waals surface area contributed by atoms with Crippen LogP contribution in [0.25, 0.3) is 15.9 Å². The van der Waals surface area contributed by atoms with Crippen molar-refractivity contribution in [3.05, 3.63) is 70.9 Å². The summed E-state index contributed by atoms with van der Waals surface area (Å²) in [6, 6.07) is 11.8. The maximum atomic E-state index is 13.2. The molecule has 1 aromatic carbocycles. The Morgan fingerprint density at radius 1 is 1.32 bits per heavy atom. The lowest BCUT2D eigenvalue weighted by Gasteiger charge is -2.03. The fourth-order valence-electron chi connectivity index (χ4n) is 2.81. The van der Waals surface area contributed by atoms with E-state index in [4.69, 9.17) is 4.42 Å². The zero-order chi connectivity index (χ0) is 19.5. The molecule has 8 heteroatoms. The smallest absolute Gasteiger partial charge is 0.261 e. The summed E-state index contributed by atoms with van der Waals surface area (Å²) in [6.45, 7) is 2.49. The van der Waals surface area contributed by atoms with Gasteiger partial charge in [-0.05, 0) is 49.4 Å². The average molecular weight is 416 g/mol. The molecule has 28 heavy (non-hydrogen) atoms. The highest BCUT2D eigenvalue weighted by Crippen LogP contribution is 2.30. The molecular weight excluding hydrogens is 397 g/mol. The van der Waals surface area contributed by atoms with E-state index in [1.54, 1.807) is 34.8 Å². The number of aryl methyl sites for hydroxylation is 1. The molecule has 0 spiro atoms. The van der Waals surface area contributed by atoms with Crippen molar-refractivity contribution in [2.45, 2.75) is 12.7 Å². The number of nitrogens with one attached hydrogen (secondary N) is 1. The molecule has 0 aliphatic heterocycles. The van der Waals surface area contributed by atoms with E-state index in [0.29, 0.717) is 11.4 Å². The van der Waals surface area contributed by atoms with E-state index < -0.39 is 0 Å². The van der Waals surface area contributed by atoms with Gasteiger partial charge in [0.15, 0.2) is 0 Å². The zero-order valence-corrected chi connectivity index (χ0v) is 16.8. The standard InChI is InChI=1S/C20H18FN3O2S2/c1-13-17-11-18(19(25)22-8-10-27-12-16-3-2-9-26-16)28-20(17)24(23-13)15-6-4-14(21)5-7-15/h2-7,9,11H,8,10,12H2,1H3,(H,22,25). The van der Waals surface area contributed by atoms with Gasteiger partial charge in [0, 0.05) is 17.7 Å². The molecule has 3 heterocycles. The third-order valence-corrected chi connectivity index (χ3v) is 6.29. The normalized spacial score (nSPS) is 11.2. The molecule has 0 saturated carbocycles. The van der Waals surface area contributed by atoms with Gasteiger partial charge in [-0.2, -0.15) is 16.9 Å². The van der Waals surface area contributed by atoms with Crippen molar-refractivity contribution in [1.29, 1.82) is 0 Å². The van der Waals surface area contributed by atoms with Crippen molar-refractivity contribution >= 4 is 39.2 Å². The molecule has 3 aromatic heterocycles. The molecule has 1 N–H and O–H groups in total. The number of nitrogens with zero attached hydrogens (tertiary/aromatic N) is 2. The Kier molecular flexibility index (Phi) is 5.50. The fourth-order valence-corrected chi connectivity index (χ4v) is 4.66. The van der Waals surface area contributed by atoms with Crippen LogP contribution in [0.1, 0.15) is 21.1 Å². The number of rotatable bonds is 7. The SMILES string of the molecule is Cc1nn(-c2ccc(F)cc2)c2sc(C(=O)NCCSCc3ccco3)cc12. The highest BCUT2D eigenvalue weighted by Gasteiger charge is 2.17. The minimum atomic E-state index is -0.292. The minimum Gasteiger partial charge on any atom is -0.468 e. The Bertz CT molecular complexity index is 1090. The topological polar surface area (TPSA) is 60.1 Å². The summed E-state index contributed by atoms with van der Waals surface area (Å²) in [7, 11) is 0. The van der Waals surface area contributed by atoms with Gasteiger partial charge in [0.2, 0.25) is 0 Å². The first-order valence-corrected chi connectivity index (χ1v) is 10.7. The molecule has 4 rings (SSSR count). The van der Waals surface area contributed by atoms with Crippen molar-refractivity contribution in [1.82, 2.24) is 15.1 Å². The molecule has 0 aliphatic rings. The van der Waals surface area contributed by atoms with Crippen LogP contribution >= 0.6 is 23.1 Å². The number of carbonyl (C=O) groups is 1. The van der Waals surface area contributed by atoms with Gasteiger partial charge in [-0.15, -0.1) is 11.3 Å². The van der Waals surface area contributed by atoms with Gasteiger partial charge in [0.25, 0.3) is 5.91 Å². The van der Waals surface area contributed by atoms with Crippen LogP contribution in [0.2, 0.25) is 0 Å². The number of benzene rings is 1. The molecular formula is C20H18FN3O2S2. The summed E-state index contributed by atoms with van der Waals surface area (Å²) in [4.78, 5) is 14.0. The van der Waals surface area contributed by atoms with Gasteiger partial charge in [0.1, 0.15) is 16.4 Å². The highest BCUT2D eigenvalue weighted by molar-refractivity contribution is 7.98. The number of thioether (sulfide) groups is 1. The van der Waals surface area contributed by atoms with Gasteiger partial charge in [0.05, 0.1) is 28.3 Å². The number of fused-ring (bicyclic) bond motifs is 1. The molecule has 5 nitrogen and oxygen atoms in total. The number of aromatic nitrogens is 2. The van der Waals surface area contributed by atoms with Crippen LogP contribution in [0.4, 0.5) is 4.39 Å². The van der Waals surface area contributed by atoms with Crippen LogP contribution in [0.5, 0.6) is 0 Å². The molecule has 0 bridgehead atoms. The number of hydrogen-bond donors (Lipinski definition) is 1. The summed E-state index contributed by atoms with van der Waals surface area (Å²) >= 11 is 3.09. The number of thiophene rings is 1. The molecule has 0 atom stereocenters. The predicted octanol–water partition coefficient (Wildman–Crippen LogP) is 4.79. The number of carbonyl (C=O) groups excluding carboxylic acids is 1. The zero-order valence-electron chi connectivity index (χ0n) is 15.1. The first-order chi connectivity index (χ1) is 13.6. The van der Waals surface area contributed by atoms with E-state index in [9.17, 15) is 9.18 Å². The van der Waals surface area contributed by atoms with E-state index >= 15 is 0 Å². The van der Waals surface area contributed by atoms with Gasteiger partial charge in [-0.25, -0.2) is 9.07 Å². The molecule has 1 amide bonds. The van der Waals surface area contributed by atoms with Crippen LogP contribution < -0.4 is 5.32 Å². The second-order valence-corrected chi connectivity index (χ2v) is 8.33. The largest absolute Gasteiger partial charge is 0.468 e. The van der Waals surface area contributed by atoms with Crippen LogP contribution in [0.3, 0.4) is 0 Å². The van der Waals surface area contributed by atoms with E-state index in [1.165, 1.54) is 23.5 Å². The summed E-state index contributed by atoms with van der Waals surface area (Å²) in [5, 5.41) is 8.42. The van der Waals surface area contributed by atoms with Crippen molar-refractivity contribution in [2.75, 3.05) is 12.3 Å². The quantitative estimate of drug-likeness (QED) is 0.441. The molecule has 0 fully saturated rings. The molecule has 144 valence electrons. The molecule has 0 radical (unpaired) electrons. The second kappa shape index (κ2) is 8.20. The van der Waals surface area contributed by atoms with Crippen LogP contribution in [-0.2, 0) is 5.75 Å². The van der Waals surface area contributed by atoms with Crippen LogP contribution in [0, 0.1) is 12.7 Å². The van der Waals surface area contributed by atoms with Crippen LogP contribution in [0.15, 0.2) is 53.1 Å². The van der Waals surface area contributed by atoms with Gasteiger partial charge < -0.3 is 9.73 Å². The number of amides is 1. The summed E-state index contributed by atoms with van der Waals surface area (Å²) in [5.41, 5.74) is 1.60. The Hall–Kier alpha value is -2.58. The van der Waals surface area contributed by atoms with Crippen molar-refractivity contribution in [3.63, 3.8) is 0 Å². The highest BCUT2D eigenvalue weighted by atomic mass is 32.2. The maximum absolute atomic E-state index is 13.2. The monoisotopic (exact) mass is 415 g/mol. The first kappa shape index (κ1) is 18.8. The van der Waals surface area contributed by atoms with E-state index in [0.717, 1.165) is 38.9 Å². The van der Waals surface area contributed by atoms with Gasteiger partial charge in [-0.3, -0.25) is 4.79 Å². The Balaban J connectivity index is 1.41. The molecule has 4 aromatic rings. The number of halogens is 1. The number of furan rings is 1. The van der Waals surface area contributed by atoms with Crippen LogP contribution in [-0.4, -0.2) is 28.0 Å². The maximum Gasteiger partial charge on any atom is 0.261 e. The summed E-state index contributed by atoms with van der Waals surface area (Å²) in [5.74, 6) is 2.14. The Labute approximate surface area is 169 Å². The minimum absolute atomic E-state index is 0.0927. The third kappa shape index (κ3) is 3.98. The fraction of sp³-hybridized carbons (Fsp3) is 0.200. The lowest BCUT2D eigenvalue weighted by Crippen LogP contribution is -2.24. The van der Waals surface area contributed by atoms with Gasteiger partial charge in [-0.1, -0.05) is 0 Å². The Morgan fingerprint density at radius 2 is 2.14 bits per heavy atom. The van der Waals surface area contributed by atoms with E-state index in [2.05, 4.69) is 10.4 Å². The van der Waals surface area contributed by atoms with E-state index in [1.807, 2.05) is 25.1 Å². The number of hydrogen-bond acceptors (Lipinski definition) is 5. The molecule has 0 unspecified atom stereocenters. The lowest BCUT2D eigenvalue weighted by atomic mass is 10.3. The average Bonchev–Trinajstić information content (AvgIpc) is 3.41.